The van der Waals surface area contributed by atoms with Crippen molar-refractivity contribution in [2.24, 2.45) is 23.7 Å². The molecule has 1 aliphatic heterocycles. The second kappa shape index (κ2) is 6.97. The molecule has 1 heterocycles. The lowest BCUT2D eigenvalue weighted by Crippen LogP contribution is -2.50. The van der Waals surface area contributed by atoms with Gasteiger partial charge in [-0.2, -0.15) is 0 Å². The van der Waals surface area contributed by atoms with E-state index in [-0.39, 0.29) is 6.10 Å². The molecular formula is C18H34N2O. The van der Waals surface area contributed by atoms with Crippen LogP contribution in [0.3, 0.4) is 0 Å². The average Bonchev–Trinajstić information content (AvgIpc) is 3.27. The van der Waals surface area contributed by atoms with Crippen LogP contribution in [0.2, 0.25) is 0 Å². The highest BCUT2D eigenvalue weighted by molar-refractivity contribution is 4.85. The van der Waals surface area contributed by atoms with Crippen molar-refractivity contribution in [1.82, 2.24) is 9.80 Å². The van der Waals surface area contributed by atoms with Crippen molar-refractivity contribution in [1.29, 1.82) is 0 Å². The van der Waals surface area contributed by atoms with E-state index >= 15 is 0 Å². The van der Waals surface area contributed by atoms with E-state index in [2.05, 4.69) is 23.6 Å². The largest absolute Gasteiger partial charge is 0.393 e. The van der Waals surface area contributed by atoms with Crippen molar-refractivity contribution >= 4 is 0 Å². The van der Waals surface area contributed by atoms with Crippen LogP contribution in [0.4, 0.5) is 0 Å². The summed E-state index contributed by atoms with van der Waals surface area (Å²) in [5.74, 6) is 3.13. The molecule has 3 nitrogen and oxygen atoms in total. The van der Waals surface area contributed by atoms with Gasteiger partial charge in [-0.1, -0.05) is 13.8 Å². The molecule has 0 radical (unpaired) electrons. The number of hydrogen-bond acceptors (Lipinski definition) is 3. The monoisotopic (exact) mass is 294 g/mol. The van der Waals surface area contributed by atoms with E-state index in [0.29, 0.717) is 5.92 Å². The molecule has 1 N–H and O–H groups in total. The Labute approximate surface area is 130 Å². The number of piperazine rings is 1. The molecule has 3 heteroatoms. The molecule has 3 fully saturated rings. The molecule has 2 aliphatic carbocycles. The Hall–Kier alpha value is -0.120. The molecule has 0 aromatic heterocycles. The van der Waals surface area contributed by atoms with Crippen LogP contribution in [0.15, 0.2) is 0 Å². The van der Waals surface area contributed by atoms with Crippen molar-refractivity contribution in [3.63, 3.8) is 0 Å². The Bertz CT molecular complexity index is 321. The summed E-state index contributed by atoms with van der Waals surface area (Å²) in [5.41, 5.74) is 0. The summed E-state index contributed by atoms with van der Waals surface area (Å²) in [6, 6.07) is 0. The number of aliphatic hydroxyl groups excluding tert-OH is 1. The van der Waals surface area contributed by atoms with Crippen molar-refractivity contribution in [2.45, 2.75) is 52.1 Å². The van der Waals surface area contributed by atoms with Gasteiger partial charge in [-0.25, -0.2) is 0 Å². The van der Waals surface area contributed by atoms with Gasteiger partial charge in [-0.3, -0.25) is 0 Å². The molecule has 21 heavy (non-hydrogen) atoms. The first-order valence-corrected chi connectivity index (χ1v) is 9.24. The van der Waals surface area contributed by atoms with Crippen molar-refractivity contribution in [3.8, 4) is 0 Å². The van der Waals surface area contributed by atoms with Gasteiger partial charge in [0.1, 0.15) is 0 Å². The number of hydrogen-bond donors (Lipinski definition) is 1. The summed E-state index contributed by atoms with van der Waals surface area (Å²) in [7, 11) is 0. The van der Waals surface area contributed by atoms with Crippen molar-refractivity contribution in [3.05, 3.63) is 0 Å². The fourth-order valence-corrected chi connectivity index (χ4v) is 4.24. The molecule has 2 saturated carbocycles. The highest BCUT2D eigenvalue weighted by Gasteiger charge is 2.33. The Balaban J connectivity index is 1.42. The molecule has 0 bridgehead atoms. The molecule has 3 rings (SSSR count). The summed E-state index contributed by atoms with van der Waals surface area (Å²) in [5, 5.41) is 10.3. The molecule has 0 amide bonds. The van der Waals surface area contributed by atoms with Gasteiger partial charge >= 0.3 is 0 Å². The highest BCUT2D eigenvalue weighted by Crippen LogP contribution is 2.34. The summed E-state index contributed by atoms with van der Waals surface area (Å²) < 4.78 is 0. The van der Waals surface area contributed by atoms with Gasteiger partial charge in [0.15, 0.2) is 0 Å². The number of rotatable bonds is 5. The zero-order chi connectivity index (χ0) is 14.8. The fraction of sp³-hybridized carbons (Fsp3) is 1.00. The molecule has 3 unspecified atom stereocenters. The minimum atomic E-state index is -0.0514. The molecule has 0 aromatic carbocycles. The normalized spacial score (nSPS) is 36.3. The molecular weight excluding hydrogens is 260 g/mol. The van der Waals surface area contributed by atoms with Crippen LogP contribution in [0.25, 0.3) is 0 Å². The average molecular weight is 294 g/mol. The van der Waals surface area contributed by atoms with Gasteiger partial charge in [-0.05, 0) is 55.8 Å². The SMILES string of the molecule is CC(C)C1CCC(O)C(CN2CCN(CC3CC3)CC2)C1. The Morgan fingerprint density at radius 3 is 2.10 bits per heavy atom. The number of nitrogens with zero attached hydrogens (tertiary/aromatic N) is 2. The highest BCUT2D eigenvalue weighted by atomic mass is 16.3. The molecule has 3 aliphatic rings. The summed E-state index contributed by atoms with van der Waals surface area (Å²) in [6.45, 7) is 12.1. The molecule has 0 aromatic rings. The standard InChI is InChI=1S/C18H34N2O/c1-14(2)16-5-6-18(21)17(11-16)13-20-9-7-19(8-10-20)12-15-3-4-15/h14-18,21H,3-13H2,1-2H3. The van der Waals surface area contributed by atoms with E-state index in [4.69, 9.17) is 0 Å². The van der Waals surface area contributed by atoms with Crippen molar-refractivity contribution in [2.75, 3.05) is 39.3 Å². The van der Waals surface area contributed by atoms with Crippen LogP contribution in [-0.4, -0.2) is 60.3 Å². The smallest absolute Gasteiger partial charge is 0.0580 e. The Morgan fingerprint density at radius 2 is 1.52 bits per heavy atom. The Morgan fingerprint density at radius 1 is 0.905 bits per heavy atom. The van der Waals surface area contributed by atoms with E-state index in [1.54, 1.807) is 0 Å². The van der Waals surface area contributed by atoms with E-state index in [0.717, 1.165) is 30.7 Å². The fourth-order valence-electron chi connectivity index (χ4n) is 4.24. The van der Waals surface area contributed by atoms with Crippen LogP contribution in [0.1, 0.15) is 46.0 Å². The van der Waals surface area contributed by atoms with E-state index in [1.807, 2.05) is 0 Å². The Kier molecular flexibility index (Phi) is 5.23. The zero-order valence-corrected chi connectivity index (χ0v) is 14.0. The van der Waals surface area contributed by atoms with Crippen LogP contribution in [-0.2, 0) is 0 Å². The maximum atomic E-state index is 10.3. The van der Waals surface area contributed by atoms with Crippen LogP contribution >= 0.6 is 0 Å². The van der Waals surface area contributed by atoms with E-state index in [9.17, 15) is 5.11 Å². The van der Waals surface area contributed by atoms with E-state index < -0.39 is 0 Å². The van der Waals surface area contributed by atoms with Gasteiger partial charge in [0.05, 0.1) is 6.10 Å². The predicted molar refractivity (Wildman–Crippen MR) is 87.3 cm³/mol. The minimum absolute atomic E-state index is 0.0514. The minimum Gasteiger partial charge on any atom is -0.393 e. The van der Waals surface area contributed by atoms with Crippen molar-refractivity contribution < 1.29 is 5.11 Å². The first-order chi connectivity index (χ1) is 10.1. The van der Waals surface area contributed by atoms with Gasteiger partial charge in [0.25, 0.3) is 0 Å². The summed E-state index contributed by atoms with van der Waals surface area (Å²) >= 11 is 0. The third-order valence-corrected chi connectivity index (χ3v) is 6.10. The first-order valence-electron chi connectivity index (χ1n) is 9.24. The third kappa shape index (κ3) is 4.43. The zero-order valence-electron chi connectivity index (χ0n) is 14.0. The molecule has 0 spiro atoms. The van der Waals surface area contributed by atoms with Crippen LogP contribution < -0.4 is 0 Å². The van der Waals surface area contributed by atoms with Gasteiger partial charge in [-0.15, -0.1) is 0 Å². The lowest BCUT2D eigenvalue weighted by Gasteiger charge is -2.41. The number of aliphatic hydroxyl groups is 1. The lowest BCUT2D eigenvalue weighted by atomic mass is 9.74. The first kappa shape index (κ1) is 15.8. The predicted octanol–water partition coefficient (Wildman–Crippen LogP) is 2.45. The van der Waals surface area contributed by atoms with Crippen LogP contribution in [0.5, 0.6) is 0 Å². The molecule has 122 valence electrons. The maximum Gasteiger partial charge on any atom is 0.0580 e. The van der Waals surface area contributed by atoms with Gasteiger partial charge < -0.3 is 14.9 Å². The maximum absolute atomic E-state index is 10.3. The van der Waals surface area contributed by atoms with Gasteiger partial charge in [0, 0.05) is 39.3 Å². The van der Waals surface area contributed by atoms with Gasteiger partial charge in [0.2, 0.25) is 0 Å². The quantitative estimate of drug-likeness (QED) is 0.844. The summed E-state index contributed by atoms with van der Waals surface area (Å²) in [6.07, 6.45) is 6.36. The topological polar surface area (TPSA) is 26.7 Å². The van der Waals surface area contributed by atoms with Crippen LogP contribution in [0, 0.1) is 23.7 Å². The second-order valence-electron chi connectivity index (χ2n) is 8.19. The second-order valence-corrected chi connectivity index (χ2v) is 8.19. The lowest BCUT2D eigenvalue weighted by molar-refractivity contribution is 0.00904. The summed E-state index contributed by atoms with van der Waals surface area (Å²) in [4.78, 5) is 5.27. The van der Waals surface area contributed by atoms with E-state index in [1.165, 1.54) is 58.4 Å². The third-order valence-electron chi connectivity index (χ3n) is 6.10. The molecule has 3 atom stereocenters. The molecule has 1 saturated heterocycles.